The maximum Gasteiger partial charge on any atom is 0.315 e. The number of aliphatic hydroxyl groups is 1. The molecular formula is C18H31N3O2. The second-order valence-corrected chi connectivity index (χ2v) is 6.75. The molecule has 0 heterocycles. The first-order valence-corrected chi connectivity index (χ1v) is 8.21. The summed E-state index contributed by atoms with van der Waals surface area (Å²) in [4.78, 5) is 14.1. The van der Waals surface area contributed by atoms with Gasteiger partial charge in [-0.2, -0.15) is 0 Å². The first-order valence-electron chi connectivity index (χ1n) is 8.21. The lowest BCUT2D eigenvalue weighted by atomic mass is 10.0. The molecule has 0 saturated heterocycles. The van der Waals surface area contributed by atoms with Crippen LogP contribution in [-0.2, 0) is 0 Å². The number of hydrogen-bond donors (Lipinski definition) is 3. The van der Waals surface area contributed by atoms with E-state index >= 15 is 0 Å². The van der Waals surface area contributed by atoms with Gasteiger partial charge in [0.05, 0.1) is 18.7 Å². The highest BCUT2D eigenvalue weighted by Crippen LogP contribution is 2.17. The van der Waals surface area contributed by atoms with Crippen LogP contribution < -0.4 is 10.6 Å². The summed E-state index contributed by atoms with van der Waals surface area (Å²) in [7, 11) is 4.00. The molecule has 130 valence electrons. The second kappa shape index (κ2) is 9.53. The van der Waals surface area contributed by atoms with Crippen LogP contribution in [0.4, 0.5) is 4.79 Å². The number of aryl methyl sites for hydroxylation is 1. The Bertz CT molecular complexity index is 472. The van der Waals surface area contributed by atoms with Crippen molar-refractivity contribution in [2.45, 2.75) is 39.3 Å². The SMILES string of the molecule is Cc1ccc(C(CNC(=O)NC(CO)CC(C)C)N(C)C)cc1. The van der Waals surface area contributed by atoms with E-state index in [9.17, 15) is 9.90 Å². The van der Waals surface area contributed by atoms with Crippen LogP contribution in [0.25, 0.3) is 0 Å². The second-order valence-electron chi connectivity index (χ2n) is 6.75. The molecule has 0 fully saturated rings. The number of benzene rings is 1. The molecule has 1 aromatic rings. The van der Waals surface area contributed by atoms with Crippen molar-refractivity contribution in [3.8, 4) is 0 Å². The van der Waals surface area contributed by atoms with Gasteiger partial charge in [0, 0.05) is 6.54 Å². The van der Waals surface area contributed by atoms with Crippen LogP contribution in [0.15, 0.2) is 24.3 Å². The van der Waals surface area contributed by atoms with Crippen molar-refractivity contribution in [3.63, 3.8) is 0 Å². The van der Waals surface area contributed by atoms with Gasteiger partial charge in [-0.05, 0) is 38.9 Å². The number of carbonyl (C=O) groups is 1. The van der Waals surface area contributed by atoms with Gasteiger partial charge in [0.15, 0.2) is 0 Å². The largest absolute Gasteiger partial charge is 0.394 e. The molecule has 0 aliphatic heterocycles. The van der Waals surface area contributed by atoms with E-state index in [4.69, 9.17) is 0 Å². The molecule has 23 heavy (non-hydrogen) atoms. The zero-order valence-electron chi connectivity index (χ0n) is 15.0. The Morgan fingerprint density at radius 1 is 1.22 bits per heavy atom. The topological polar surface area (TPSA) is 64.6 Å². The number of aliphatic hydroxyl groups excluding tert-OH is 1. The van der Waals surface area contributed by atoms with Gasteiger partial charge < -0.3 is 20.6 Å². The van der Waals surface area contributed by atoms with Gasteiger partial charge in [-0.3, -0.25) is 0 Å². The number of urea groups is 1. The van der Waals surface area contributed by atoms with E-state index < -0.39 is 0 Å². The summed E-state index contributed by atoms with van der Waals surface area (Å²) in [6, 6.07) is 8.02. The first kappa shape index (κ1) is 19.5. The molecule has 5 nitrogen and oxygen atoms in total. The number of hydrogen-bond acceptors (Lipinski definition) is 3. The van der Waals surface area contributed by atoms with Crippen LogP contribution in [0.1, 0.15) is 37.4 Å². The molecule has 0 aliphatic carbocycles. The summed E-state index contributed by atoms with van der Waals surface area (Å²) in [6.45, 7) is 6.68. The maximum atomic E-state index is 12.1. The summed E-state index contributed by atoms with van der Waals surface area (Å²) in [5.41, 5.74) is 2.39. The molecule has 0 aliphatic rings. The van der Waals surface area contributed by atoms with E-state index in [1.54, 1.807) is 0 Å². The Morgan fingerprint density at radius 3 is 2.30 bits per heavy atom. The van der Waals surface area contributed by atoms with E-state index in [0.717, 1.165) is 6.42 Å². The number of likely N-dealkylation sites (N-methyl/N-ethyl adjacent to an activating group) is 1. The summed E-state index contributed by atoms with van der Waals surface area (Å²) in [6.07, 6.45) is 0.763. The van der Waals surface area contributed by atoms with Gasteiger partial charge in [-0.1, -0.05) is 43.7 Å². The molecule has 0 spiro atoms. The van der Waals surface area contributed by atoms with E-state index in [1.165, 1.54) is 11.1 Å². The predicted octanol–water partition coefficient (Wildman–Crippen LogP) is 2.30. The third kappa shape index (κ3) is 7.01. The number of carbonyl (C=O) groups excluding carboxylic acids is 1. The Kier molecular flexibility index (Phi) is 8.06. The predicted molar refractivity (Wildman–Crippen MR) is 94.5 cm³/mol. The molecule has 5 heteroatoms. The van der Waals surface area contributed by atoms with Crippen LogP contribution in [0.5, 0.6) is 0 Å². The maximum absolute atomic E-state index is 12.1. The molecule has 0 saturated carbocycles. The van der Waals surface area contributed by atoms with Crippen LogP contribution in [0.2, 0.25) is 0 Å². The van der Waals surface area contributed by atoms with E-state index in [1.807, 2.05) is 14.1 Å². The van der Waals surface area contributed by atoms with Crippen molar-refractivity contribution in [1.29, 1.82) is 0 Å². The van der Waals surface area contributed by atoms with Gasteiger partial charge in [0.25, 0.3) is 0 Å². The average molecular weight is 321 g/mol. The standard InChI is InChI=1S/C18H31N3O2/c1-13(2)10-16(12-22)20-18(23)19-11-17(21(4)5)15-8-6-14(3)7-9-15/h6-9,13,16-17,22H,10-12H2,1-5H3,(H2,19,20,23). The Balaban J connectivity index is 2.58. The van der Waals surface area contributed by atoms with Crippen LogP contribution in [-0.4, -0.2) is 49.3 Å². The van der Waals surface area contributed by atoms with Crippen LogP contribution >= 0.6 is 0 Å². The van der Waals surface area contributed by atoms with Crippen LogP contribution in [0, 0.1) is 12.8 Å². The summed E-state index contributed by atoms with van der Waals surface area (Å²) < 4.78 is 0. The van der Waals surface area contributed by atoms with Gasteiger partial charge in [-0.25, -0.2) is 4.79 Å². The molecule has 1 rings (SSSR count). The summed E-state index contributed by atoms with van der Waals surface area (Å²) >= 11 is 0. The number of nitrogens with one attached hydrogen (secondary N) is 2. The fourth-order valence-corrected chi connectivity index (χ4v) is 2.56. The smallest absolute Gasteiger partial charge is 0.315 e. The third-order valence-corrected chi connectivity index (χ3v) is 3.85. The summed E-state index contributed by atoms with van der Waals surface area (Å²) in [5.74, 6) is 0.425. The van der Waals surface area contributed by atoms with Gasteiger partial charge in [-0.15, -0.1) is 0 Å². The Labute approximate surface area is 140 Å². The van der Waals surface area contributed by atoms with Crippen molar-refractivity contribution in [2.75, 3.05) is 27.2 Å². The molecule has 0 radical (unpaired) electrons. The first-order chi connectivity index (χ1) is 10.8. The third-order valence-electron chi connectivity index (χ3n) is 3.85. The molecule has 2 amide bonds. The lowest BCUT2D eigenvalue weighted by Crippen LogP contribution is -2.46. The van der Waals surface area contributed by atoms with Crippen molar-refractivity contribution in [1.82, 2.24) is 15.5 Å². The number of amides is 2. The lowest BCUT2D eigenvalue weighted by molar-refractivity contribution is 0.203. The minimum absolute atomic E-state index is 0.0410. The fourth-order valence-electron chi connectivity index (χ4n) is 2.56. The van der Waals surface area contributed by atoms with Crippen molar-refractivity contribution in [3.05, 3.63) is 35.4 Å². The van der Waals surface area contributed by atoms with Gasteiger partial charge in [0.1, 0.15) is 0 Å². The Hall–Kier alpha value is -1.59. The zero-order chi connectivity index (χ0) is 17.4. The molecule has 2 unspecified atom stereocenters. The van der Waals surface area contributed by atoms with E-state index in [2.05, 4.69) is 60.6 Å². The number of rotatable bonds is 8. The normalized spacial score (nSPS) is 13.9. The van der Waals surface area contributed by atoms with Gasteiger partial charge in [0.2, 0.25) is 0 Å². The highest BCUT2D eigenvalue weighted by Gasteiger charge is 2.17. The summed E-state index contributed by atoms with van der Waals surface area (Å²) in [5, 5.41) is 15.1. The number of nitrogens with zero attached hydrogens (tertiary/aromatic N) is 1. The molecule has 0 bridgehead atoms. The van der Waals surface area contributed by atoms with Crippen LogP contribution in [0.3, 0.4) is 0 Å². The van der Waals surface area contributed by atoms with Crippen molar-refractivity contribution < 1.29 is 9.90 Å². The fraction of sp³-hybridized carbons (Fsp3) is 0.611. The van der Waals surface area contributed by atoms with Crippen molar-refractivity contribution in [2.24, 2.45) is 5.92 Å². The minimum atomic E-state index is -0.233. The monoisotopic (exact) mass is 321 g/mol. The Morgan fingerprint density at radius 2 is 1.83 bits per heavy atom. The van der Waals surface area contributed by atoms with Gasteiger partial charge >= 0.3 is 6.03 Å². The lowest BCUT2D eigenvalue weighted by Gasteiger charge is -2.26. The molecular weight excluding hydrogens is 290 g/mol. The highest BCUT2D eigenvalue weighted by atomic mass is 16.3. The minimum Gasteiger partial charge on any atom is -0.394 e. The quantitative estimate of drug-likeness (QED) is 0.688. The highest BCUT2D eigenvalue weighted by molar-refractivity contribution is 5.74. The van der Waals surface area contributed by atoms with Crippen molar-refractivity contribution >= 4 is 6.03 Å². The van der Waals surface area contributed by atoms with E-state index in [0.29, 0.717) is 12.5 Å². The molecule has 1 aromatic carbocycles. The van der Waals surface area contributed by atoms with E-state index in [-0.39, 0.29) is 24.7 Å². The molecule has 3 N–H and O–H groups in total. The average Bonchev–Trinajstić information content (AvgIpc) is 2.47. The molecule has 2 atom stereocenters. The molecule has 0 aromatic heterocycles. The zero-order valence-corrected chi connectivity index (χ0v) is 15.0.